The molecule has 0 aromatic rings. The molecule has 0 aliphatic rings. The highest BCUT2D eigenvalue weighted by atomic mass is 35.5. The maximum absolute atomic E-state index is 12.1. The molecule has 54 valence electrons. The molecule has 0 aliphatic carbocycles. The van der Waals surface area contributed by atoms with E-state index >= 15 is 0 Å². The van der Waals surface area contributed by atoms with Gasteiger partial charge in [0.1, 0.15) is 6.17 Å². The van der Waals surface area contributed by atoms with Crippen LogP contribution in [0.3, 0.4) is 0 Å². The summed E-state index contributed by atoms with van der Waals surface area (Å²) in [6.07, 6.45) is -1.36. The number of alkyl halides is 2. The fourth-order valence-electron chi connectivity index (χ4n) is 0.300. The summed E-state index contributed by atoms with van der Waals surface area (Å²) < 4.78 is 16.3. The number of carbonyl (C=O) groups is 1. The summed E-state index contributed by atoms with van der Waals surface area (Å²) in [5, 5.41) is -1.17. The molecule has 4 heteroatoms. The number of methoxy groups -OCH3 is 1. The lowest BCUT2D eigenvalue weighted by Crippen LogP contribution is -2.24. The number of hydrogen-bond acceptors (Lipinski definition) is 2. The second-order valence-electron chi connectivity index (χ2n) is 1.60. The number of halogens is 2. The molecule has 0 aromatic carbocycles. The van der Waals surface area contributed by atoms with Crippen LogP contribution in [0.2, 0.25) is 0 Å². The number of ether oxygens (including phenoxy) is 1. The molecule has 0 fully saturated rings. The summed E-state index contributed by atoms with van der Waals surface area (Å²) in [7, 11) is 1.17. The Hall–Kier alpha value is -0.310. The zero-order valence-corrected chi connectivity index (χ0v) is 5.98. The zero-order chi connectivity index (χ0) is 7.44. The molecule has 2 atom stereocenters. The molecule has 0 saturated heterocycles. The molecule has 0 radical (unpaired) electrons. The Balaban J connectivity index is 3.72. The fourth-order valence-corrected chi connectivity index (χ4v) is 0.389. The SMILES string of the molecule is COC(=O)[C@@H](Cl)[C@H](C)F. The van der Waals surface area contributed by atoms with E-state index in [1.807, 2.05) is 0 Å². The first-order valence-electron chi connectivity index (χ1n) is 2.45. The molecule has 0 aliphatic heterocycles. The minimum atomic E-state index is -1.36. The van der Waals surface area contributed by atoms with E-state index in [2.05, 4.69) is 4.74 Å². The molecule has 0 unspecified atom stereocenters. The van der Waals surface area contributed by atoms with Crippen molar-refractivity contribution >= 4 is 17.6 Å². The van der Waals surface area contributed by atoms with Gasteiger partial charge in [-0.3, -0.25) is 4.79 Å². The van der Waals surface area contributed by atoms with E-state index in [1.54, 1.807) is 0 Å². The minimum Gasteiger partial charge on any atom is -0.468 e. The first-order valence-corrected chi connectivity index (χ1v) is 2.89. The van der Waals surface area contributed by atoms with Gasteiger partial charge in [0.25, 0.3) is 0 Å². The maximum Gasteiger partial charge on any atom is 0.326 e. The van der Waals surface area contributed by atoms with E-state index < -0.39 is 17.5 Å². The molecule has 0 amide bonds. The van der Waals surface area contributed by atoms with Crippen LogP contribution in [-0.4, -0.2) is 24.6 Å². The number of rotatable bonds is 2. The first kappa shape index (κ1) is 8.69. The Kier molecular flexibility index (Phi) is 3.54. The van der Waals surface area contributed by atoms with E-state index in [-0.39, 0.29) is 0 Å². The predicted molar refractivity (Wildman–Crippen MR) is 32.2 cm³/mol. The van der Waals surface area contributed by atoms with E-state index in [0.717, 1.165) is 0 Å². The van der Waals surface area contributed by atoms with E-state index in [4.69, 9.17) is 11.6 Å². The van der Waals surface area contributed by atoms with Crippen LogP contribution in [0.5, 0.6) is 0 Å². The van der Waals surface area contributed by atoms with Crippen LogP contribution in [0.4, 0.5) is 4.39 Å². The lowest BCUT2D eigenvalue weighted by molar-refractivity contribution is -0.141. The third-order valence-electron chi connectivity index (χ3n) is 0.830. The van der Waals surface area contributed by atoms with Gasteiger partial charge in [-0.15, -0.1) is 11.6 Å². The Labute approximate surface area is 57.9 Å². The summed E-state index contributed by atoms with van der Waals surface area (Å²) in [5.74, 6) is -0.730. The summed E-state index contributed by atoms with van der Waals surface area (Å²) in [5.41, 5.74) is 0. The summed E-state index contributed by atoms with van der Waals surface area (Å²) in [6, 6.07) is 0. The van der Waals surface area contributed by atoms with Crippen molar-refractivity contribution in [2.45, 2.75) is 18.5 Å². The molecular weight excluding hydrogens is 147 g/mol. The summed E-state index contributed by atoms with van der Waals surface area (Å²) >= 11 is 5.22. The summed E-state index contributed by atoms with van der Waals surface area (Å²) in [6.45, 7) is 1.20. The van der Waals surface area contributed by atoms with Gasteiger partial charge in [-0.1, -0.05) is 0 Å². The Morgan fingerprint density at radius 2 is 2.22 bits per heavy atom. The molecule has 0 spiro atoms. The van der Waals surface area contributed by atoms with E-state index in [1.165, 1.54) is 14.0 Å². The number of carbonyl (C=O) groups excluding carboxylic acids is 1. The lowest BCUT2D eigenvalue weighted by Gasteiger charge is -2.06. The topological polar surface area (TPSA) is 26.3 Å². The quantitative estimate of drug-likeness (QED) is 0.440. The zero-order valence-electron chi connectivity index (χ0n) is 5.23. The van der Waals surface area contributed by atoms with Gasteiger partial charge >= 0.3 is 5.97 Å². The highest BCUT2D eigenvalue weighted by Crippen LogP contribution is 2.07. The van der Waals surface area contributed by atoms with Gasteiger partial charge in [-0.25, -0.2) is 4.39 Å². The largest absolute Gasteiger partial charge is 0.468 e. The lowest BCUT2D eigenvalue weighted by atomic mass is 10.3. The normalized spacial score (nSPS) is 16.4. The van der Waals surface area contributed by atoms with Gasteiger partial charge in [0, 0.05) is 0 Å². The molecular formula is C5H8ClFO2. The Morgan fingerprint density at radius 3 is 2.33 bits per heavy atom. The molecule has 0 heterocycles. The summed E-state index contributed by atoms with van der Waals surface area (Å²) in [4.78, 5) is 10.4. The van der Waals surface area contributed by atoms with Crippen molar-refractivity contribution in [2.24, 2.45) is 0 Å². The molecule has 0 rings (SSSR count). The van der Waals surface area contributed by atoms with Crippen LogP contribution < -0.4 is 0 Å². The molecule has 0 N–H and O–H groups in total. The third-order valence-corrected chi connectivity index (χ3v) is 1.36. The molecule has 9 heavy (non-hydrogen) atoms. The van der Waals surface area contributed by atoms with Crippen LogP contribution >= 0.6 is 11.6 Å². The van der Waals surface area contributed by atoms with Crippen LogP contribution in [0.15, 0.2) is 0 Å². The van der Waals surface area contributed by atoms with Gasteiger partial charge in [-0.05, 0) is 6.92 Å². The maximum atomic E-state index is 12.1. The first-order chi connectivity index (χ1) is 4.09. The second-order valence-corrected chi connectivity index (χ2v) is 2.07. The third kappa shape index (κ3) is 2.65. The average Bonchev–Trinajstić information content (AvgIpc) is 1.84. The Morgan fingerprint density at radius 1 is 1.78 bits per heavy atom. The second kappa shape index (κ2) is 3.67. The predicted octanol–water partition coefficient (Wildman–Crippen LogP) is 1.12. The van der Waals surface area contributed by atoms with Crippen molar-refractivity contribution < 1.29 is 13.9 Å². The van der Waals surface area contributed by atoms with Crippen molar-refractivity contribution in [1.82, 2.24) is 0 Å². The van der Waals surface area contributed by atoms with Gasteiger partial charge in [0.05, 0.1) is 7.11 Å². The van der Waals surface area contributed by atoms with Crippen molar-refractivity contribution in [3.05, 3.63) is 0 Å². The smallest absolute Gasteiger partial charge is 0.326 e. The van der Waals surface area contributed by atoms with Gasteiger partial charge in [0.2, 0.25) is 0 Å². The van der Waals surface area contributed by atoms with Crippen molar-refractivity contribution in [3.63, 3.8) is 0 Å². The van der Waals surface area contributed by atoms with Crippen molar-refractivity contribution in [2.75, 3.05) is 7.11 Å². The monoisotopic (exact) mass is 154 g/mol. The molecule has 0 bridgehead atoms. The minimum absolute atomic E-state index is 0.730. The fraction of sp³-hybridized carbons (Fsp3) is 0.800. The van der Waals surface area contributed by atoms with E-state index in [0.29, 0.717) is 0 Å². The van der Waals surface area contributed by atoms with Crippen molar-refractivity contribution in [1.29, 1.82) is 0 Å². The van der Waals surface area contributed by atoms with Crippen LogP contribution in [0.1, 0.15) is 6.92 Å². The average molecular weight is 155 g/mol. The standard InChI is InChI=1S/C5H8ClFO2/c1-3(7)4(6)5(8)9-2/h3-4H,1-2H3/t3-,4-/m0/s1. The number of hydrogen-bond donors (Lipinski definition) is 0. The van der Waals surface area contributed by atoms with Crippen molar-refractivity contribution in [3.8, 4) is 0 Å². The van der Waals surface area contributed by atoms with Crippen LogP contribution in [-0.2, 0) is 9.53 Å². The Bertz CT molecular complexity index is 105. The number of esters is 1. The van der Waals surface area contributed by atoms with Crippen LogP contribution in [0.25, 0.3) is 0 Å². The molecule has 2 nitrogen and oxygen atoms in total. The van der Waals surface area contributed by atoms with Gasteiger partial charge < -0.3 is 4.74 Å². The highest BCUT2D eigenvalue weighted by molar-refractivity contribution is 6.30. The molecule has 0 saturated carbocycles. The van der Waals surface area contributed by atoms with Gasteiger partial charge in [0.15, 0.2) is 5.38 Å². The van der Waals surface area contributed by atoms with Gasteiger partial charge in [-0.2, -0.15) is 0 Å². The molecule has 0 aromatic heterocycles. The highest BCUT2D eigenvalue weighted by Gasteiger charge is 2.22. The van der Waals surface area contributed by atoms with Crippen LogP contribution in [0, 0.1) is 0 Å². The van der Waals surface area contributed by atoms with E-state index in [9.17, 15) is 9.18 Å².